The molecule has 3 saturated carbocycles. The molecule has 0 radical (unpaired) electrons. The summed E-state index contributed by atoms with van der Waals surface area (Å²) in [5.41, 5.74) is -0.508. The van der Waals surface area contributed by atoms with Gasteiger partial charge in [0.05, 0.1) is 18.2 Å². The lowest BCUT2D eigenvalue weighted by Crippen LogP contribution is -2.67. The Kier molecular flexibility index (Phi) is 8.27. The minimum Gasteiger partial charge on any atom is -0.410 e. The summed E-state index contributed by atoms with van der Waals surface area (Å²) in [5, 5.41) is 28.6. The number of hydrogen-bond donors (Lipinski definition) is 2. The zero-order chi connectivity index (χ0) is 39.2. The van der Waals surface area contributed by atoms with Crippen LogP contribution in [0.3, 0.4) is 0 Å². The molecule has 290 valence electrons. The monoisotopic (exact) mass is 757 g/mol. The zero-order valence-corrected chi connectivity index (χ0v) is 32.9. The molecule has 6 aliphatic rings. The van der Waals surface area contributed by atoms with Gasteiger partial charge in [-0.3, -0.25) is 4.79 Å². The fourth-order valence-corrected chi connectivity index (χ4v) is 12.9. The highest BCUT2D eigenvalue weighted by molar-refractivity contribution is 6.10. The molecule has 0 saturated heterocycles. The lowest BCUT2D eigenvalue weighted by atomic mass is 9.32. The Morgan fingerprint density at radius 1 is 0.737 bits per heavy atom. The van der Waals surface area contributed by atoms with Crippen molar-refractivity contribution in [2.24, 2.45) is 33.5 Å². The summed E-state index contributed by atoms with van der Waals surface area (Å²) in [6.07, 6.45) is 11.1. The first-order valence-electron chi connectivity index (χ1n) is 20.8. The van der Waals surface area contributed by atoms with Crippen molar-refractivity contribution >= 4 is 33.4 Å². The van der Waals surface area contributed by atoms with E-state index in [1.807, 2.05) is 91.0 Å². The maximum Gasteiger partial charge on any atom is 0.415 e. The van der Waals surface area contributed by atoms with Crippen LogP contribution in [0, 0.1) is 33.5 Å². The summed E-state index contributed by atoms with van der Waals surface area (Å²) in [4.78, 5) is 31.2. The minimum absolute atomic E-state index is 0.0400. The van der Waals surface area contributed by atoms with Crippen molar-refractivity contribution in [2.45, 2.75) is 77.0 Å². The highest BCUT2D eigenvalue weighted by atomic mass is 16.6. The first-order valence-corrected chi connectivity index (χ1v) is 20.8. The largest absolute Gasteiger partial charge is 0.415 e. The summed E-state index contributed by atoms with van der Waals surface area (Å²) in [7, 11) is 0. The molecule has 11 rings (SSSR count). The van der Waals surface area contributed by atoms with Crippen molar-refractivity contribution in [3.05, 3.63) is 150 Å². The van der Waals surface area contributed by atoms with Crippen molar-refractivity contribution in [3.8, 4) is 5.75 Å². The van der Waals surface area contributed by atoms with Gasteiger partial charge in [-0.15, -0.1) is 0 Å². The second kappa shape index (κ2) is 13.0. The molecule has 8 unspecified atom stereocenters. The Bertz CT molecular complexity index is 2490. The first-order chi connectivity index (χ1) is 27.5. The van der Waals surface area contributed by atoms with Gasteiger partial charge in [-0.2, -0.15) is 0 Å². The third-order valence-electron chi connectivity index (χ3n) is 15.9. The summed E-state index contributed by atoms with van der Waals surface area (Å²) < 4.78 is 6.19. The summed E-state index contributed by atoms with van der Waals surface area (Å²) in [5.74, 6) is 0.645. The van der Waals surface area contributed by atoms with Crippen LogP contribution in [-0.4, -0.2) is 45.2 Å². The number of carbonyl (C=O) groups is 2. The summed E-state index contributed by atoms with van der Waals surface area (Å²) in [6.45, 7) is 4.99. The van der Waals surface area contributed by atoms with Gasteiger partial charge in [0.2, 0.25) is 0 Å². The molecule has 2 N–H and O–H groups in total. The molecule has 0 aromatic heterocycles. The summed E-state index contributed by atoms with van der Waals surface area (Å²) >= 11 is 0. The van der Waals surface area contributed by atoms with Gasteiger partial charge >= 0.3 is 6.09 Å². The average Bonchev–Trinajstić information content (AvgIpc) is 3.50. The van der Waals surface area contributed by atoms with Crippen molar-refractivity contribution in [1.29, 1.82) is 0 Å². The van der Waals surface area contributed by atoms with Crippen molar-refractivity contribution in [2.75, 3.05) is 6.54 Å². The molecular weight excluding hydrogens is 707 g/mol. The number of Topliss-reactive ketones (excluding diaryl/α,β-unsaturated/α-hetero) is 1. The number of allylic oxidation sites excluding steroid dienone is 4. The van der Waals surface area contributed by atoms with E-state index >= 15 is 0 Å². The van der Waals surface area contributed by atoms with Gasteiger partial charge in [0, 0.05) is 33.9 Å². The minimum atomic E-state index is -1.26. The first kappa shape index (κ1) is 36.3. The normalized spacial score (nSPS) is 33.6. The zero-order valence-electron chi connectivity index (χ0n) is 32.9. The van der Waals surface area contributed by atoms with Crippen LogP contribution < -0.4 is 4.74 Å². The molecule has 1 amide bonds. The van der Waals surface area contributed by atoms with E-state index in [1.165, 1.54) is 0 Å². The lowest BCUT2D eigenvalue weighted by molar-refractivity contribution is -0.175. The number of carbonyl (C=O) groups excluding carboxylic acids is 2. The number of ether oxygens (including phenoxy) is 1. The van der Waals surface area contributed by atoms with Crippen LogP contribution in [0.5, 0.6) is 5.75 Å². The molecule has 6 nitrogen and oxygen atoms in total. The number of ketones is 1. The predicted molar refractivity (Wildman–Crippen MR) is 224 cm³/mol. The quantitative estimate of drug-likeness (QED) is 0.128. The molecule has 5 aromatic carbocycles. The fraction of sp³-hybridized carbons (Fsp3) is 0.373. The van der Waals surface area contributed by atoms with Gasteiger partial charge < -0.3 is 19.8 Å². The van der Waals surface area contributed by atoms with E-state index in [1.54, 1.807) is 4.90 Å². The molecule has 2 bridgehead atoms. The number of nitrogens with zero attached hydrogens (tertiary/aromatic N) is 1. The number of amides is 1. The topological polar surface area (TPSA) is 87.1 Å². The number of aliphatic hydroxyl groups is 2. The van der Waals surface area contributed by atoms with Crippen LogP contribution >= 0.6 is 0 Å². The summed E-state index contributed by atoms with van der Waals surface area (Å²) in [6, 6.07) is 37.7. The number of rotatable bonds is 7. The van der Waals surface area contributed by atoms with Crippen molar-refractivity contribution < 1.29 is 24.5 Å². The number of benzene rings is 5. The van der Waals surface area contributed by atoms with E-state index in [9.17, 15) is 19.8 Å². The van der Waals surface area contributed by atoms with Gasteiger partial charge in [0.15, 0.2) is 5.78 Å². The third kappa shape index (κ3) is 5.29. The SMILES string of the molecule is CC12CCC(O)CC13C=CC1(C(C(=O)c4ccccc4)=C3)C2CCC2(C)C1CCC2(O)CN(Cc1cccc2ccccc12)C(=O)Oc1ccc2ccccc2c1. The van der Waals surface area contributed by atoms with E-state index in [0.29, 0.717) is 24.2 Å². The highest BCUT2D eigenvalue weighted by Gasteiger charge is 2.74. The Hall–Kier alpha value is -5.04. The standard InChI is InChI=1S/C51H51NO5/c1-47-24-21-39(53)30-49(47)27-28-51(42(31-49)45(54)36-13-4-3-5-14-36)43(47)22-25-48(2)44(51)23-26-50(48,56)33-52(32-38-17-10-16-35-12-8-9-18-41(35)38)46(55)57-40-20-19-34-11-6-7-15-37(34)29-40/h3-20,27-29,31,39,43-44,53,56H,21-26,30,32-33H2,1-2H3. The molecule has 6 heteroatoms. The predicted octanol–water partition coefficient (Wildman–Crippen LogP) is 10.5. The van der Waals surface area contributed by atoms with E-state index in [0.717, 1.165) is 64.8 Å². The molecular formula is C51H51NO5. The van der Waals surface area contributed by atoms with E-state index in [-0.39, 0.29) is 36.1 Å². The fourth-order valence-electron chi connectivity index (χ4n) is 12.9. The number of aliphatic hydroxyl groups excluding tert-OH is 1. The Balaban J connectivity index is 1.04. The number of hydrogen-bond acceptors (Lipinski definition) is 5. The van der Waals surface area contributed by atoms with Gasteiger partial charge in [-0.25, -0.2) is 4.79 Å². The maximum absolute atomic E-state index is 14.9. The van der Waals surface area contributed by atoms with E-state index in [2.05, 4.69) is 56.3 Å². The highest BCUT2D eigenvalue weighted by Crippen LogP contribution is 2.78. The Morgan fingerprint density at radius 2 is 1.42 bits per heavy atom. The van der Waals surface area contributed by atoms with Crippen LogP contribution in [0.15, 0.2) is 139 Å². The van der Waals surface area contributed by atoms with Gasteiger partial charge in [0.1, 0.15) is 5.75 Å². The maximum atomic E-state index is 14.9. The van der Waals surface area contributed by atoms with Gasteiger partial charge in [0.25, 0.3) is 0 Å². The van der Waals surface area contributed by atoms with Crippen LogP contribution in [0.4, 0.5) is 4.79 Å². The van der Waals surface area contributed by atoms with Gasteiger partial charge in [-0.1, -0.05) is 135 Å². The van der Waals surface area contributed by atoms with Crippen molar-refractivity contribution in [1.82, 2.24) is 4.90 Å². The second-order valence-electron chi connectivity index (χ2n) is 18.4. The molecule has 57 heavy (non-hydrogen) atoms. The van der Waals surface area contributed by atoms with Crippen LogP contribution in [0.25, 0.3) is 21.5 Å². The molecule has 8 atom stereocenters. The van der Waals surface area contributed by atoms with Crippen LogP contribution in [0.1, 0.15) is 74.7 Å². The van der Waals surface area contributed by atoms with Crippen LogP contribution in [-0.2, 0) is 6.54 Å². The third-order valence-corrected chi connectivity index (χ3v) is 15.9. The molecule has 0 aliphatic heterocycles. The number of fused-ring (bicyclic) bond motifs is 3. The molecule has 2 spiro atoms. The molecule has 0 heterocycles. The lowest BCUT2D eigenvalue weighted by Gasteiger charge is -2.71. The molecule has 3 fully saturated rings. The van der Waals surface area contributed by atoms with Crippen LogP contribution in [0.2, 0.25) is 0 Å². The smallest absolute Gasteiger partial charge is 0.410 e. The van der Waals surface area contributed by atoms with E-state index in [4.69, 9.17) is 4.74 Å². The molecule has 5 aromatic rings. The average molecular weight is 758 g/mol. The van der Waals surface area contributed by atoms with Crippen molar-refractivity contribution in [3.63, 3.8) is 0 Å². The second-order valence-corrected chi connectivity index (χ2v) is 18.4. The Morgan fingerprint density at radius 3 is 2.25 bits per heavy atom. The van der Waals surface area contributed by atoms with Gasteiger partial charge in [-0.05, 0) is 101 Å². The Labute approximate surface area is 334 Å². The van der Waals surface area contributed by atoms with E-state index < -0.39 is 34.0 Å². The molecule has 6 aliphatic carbocycles.